The van der Waals surface area contributed by atoms with E-state index in [1.54, 1.807) is 4.90 Å². The van der Waals surface area contributed by atoms with Crippen LogP contribution in [0, 0.1) is 5.82 Å². The van der Waals surface area contributed by atoms with Crippen LogP contribution in [0.4, 0.5) is 4.39 Å². The number of likely N-dealkylation sites (tertiary alicyclic amines) is 1. The van der Waals surface area contributed by atoms with Crippen molar-refractivity contribution in [2.75, 3.05) is 13.1 Å². The molecule has 7 heteroatoms. The number of nitrogens with one attached hydrogen (secondary N) is 1. The van der Waals surface area contributed by atoms with Gasteiger partial charge < -0.3 is 9.88 Å². The average molecular weight is 319 g/mol. The van der Waals surface area contributed by atoms with Crippen molar-refractivity contribution in [3.05, 3.63) is 44.7 Å². The van der Waals surface area contributed by atoms with Crippen LogP contribution in [0.25, 0.3) is 11.0 Å². The van der Waals surface area contributed by atoms with Crippen LogP contribution >= 0.6 is 0 Å². The van der Waals surface area contributed by atoms with E-state index in [1.165, 1.54) is 12.1 Å². The van der Waals surface area contributed by atoms with Gasteiger partial charge in [-0.05, 0) is 31.0 Å². The van der Waals surface area contributed by atoms with E-state index in [0.29, 0.717) is 18.6 Å². The minimum atomic E-state index is -0.855. The second kappa shape index (κ2) is 6.36. The van der Waals surface area contributed by atoms with Crippen LogP contribution in [0.2, 0.25) is 0 Å². The third-order valence-corrected chi connectivity index (χ3v) is 4.19. The smallest absolute Gasteiger partial charge is 0.317 e. The standard InChI is InChI=1S/C16H18FN3O3/c17-11-5-6-13-12(9-11)18-15(22)16(23)20(13)10-14(21)19-7-3-1-2-4-8-19/h5-6,9H,1-4,7-8,10H2,(H,18,22). The summed E-state index contributed by atoms with van der Waals surface area (Å²) in [5.41, 5.74) is -1.10. The maximum absolute atomic E-state index is 13.3. The van der Waals surface area contributed by atoms with Crippen molar-refractivity contribution in [3.63, 3.8) is 0 Å². The first-order chi connectivity index (χ1) is 11.1. The molecule has 0 bridgehead atoms. The van der Waals surface area contributed by atoms with E-state index in [4.69, 9.17) is 0 Å². The lowest BCUT2D eigenvalue weighted by Crippen LogP contribution is -2.42. The molecule has 23 heavy (non-hydrogen) atoms. The Hall–Kier alpha value is -2.44. The third-order valence-electron chi connectivity index (χ3n) is 4.19. The molecule has 0 unspecified atom stereocenters. The van der Waals surface area contributed by atoms with Gasteiger partial charge in [0.2, 0.25) is 5.91 Å². The highest BCUT2D eigenvalue weighted by molar-refractivity contribution is 5.80. The van der Waals surface area contributed by atoms with Gasteiger partial charge in [0.25, 0.3) is 0 Å². The Kier molecular flexibility index (Phi) is 4.27. The number of aromatic nitrogens is 2. The quantitative estimate of drug-likeness (QED) is 0.846. The summed E-state index contributed by atoms with van der Waals surface area (Å²) < 4.78 is 14.4. The van der Waals surface area contributed by atoms with Crippen molar-refractivity contribution in [2.24, 2.45) is 0 Å². The molecule has 1 aromatic heterocycles. The van der Waals surface area contributed by atoms with Gasteiger partial charge in [0, 0.05) is 13.1 Å². The van der Waals surface area contributed by atoms with Gasteiger partial charge in [-0.2, -0.15) is 0 Å². The zero-order chi connectivity index (χ0) is 16.4. The molecule has 0 spiro atoms. The lowest BCUT2D eigenvalue weighted by atomic mass is 10.2. The monoisotopic (exact) mass is 319 g/mol. The van der Waals surface area contributed by atoms with E-state index in [-0.39, 0.29) is 18.0 Å². The average Bonchev–Trinajstić information content (AvgIpc) is 2.80. The fourth-order valence-corrected chi connectivity index (χ4v) is 2.96. The first-order valence-electron chi connectivity index (χ1n) is 7.76. The number of benzene rings is 1. The Morgan fingerprint density at radius 2 is 1.83 bits per heavy atom. The molecule has 1 aliphatic rings. The van der Waals surface area contributed by atoms with E-state index in [2.05, 4.69) is 4.98 Å². The lowest BCUT2D eigenvalue weighted by Gasteiger charge is -2.21. The number of halogens is 1. The van der Waals surface area contributed by atoms with Gasteiger partial charge in [-0.1, -0.05) is 12.8 Å². The van der Waals surface area contributed by atoms with Gasteiger partial charge in [0.15, 0.2) is 0 Å². The molecule has 1 aliphatic heterocycles. The van der Waals surface area contributed by atoms with E-state index in [0.717, 1.165) is 36.3 Å². The summed E-state index contributed by atoms with van der Waals surface area (Å²) in [6.45, 7) is 1.14. The van der Waals surface area contributed by atoms with Crippen LogP contribution in [0.1, 0.15) is 25.7 Å². The number of hydrogen-bond acceptors (Lipinski definition) is 3. The Morgan fingerprint density at radius 1 is 1.13 bits per heavy atom. The number of carbonyl (C=O) groups excluding carboxylic acids is 1. The molecule has 1 aromatic carbocycles. The number of H-pyrrole nitrogens is 1. The number of fused-ring (bicyclic) bond motifs is 1. The molecule has 2 heterocycles. The number of rotatable bonds is 2. The first-order valence-corrected chi connectivity index (χ1v) is 7.76. The van der Waals surface area contributed by atoms with Crippen molar-refractivity contribution in [3.8, 4) is 0 Å². The summed E-state index contributed by atoms with van der Waals surface area (Å²) in [6, 6.07) is 3.74. The number of hydrogen-bond donors (Lipinski definition) is 1. The number of carbonyl (C=O) groups is 1. The van der Waals surface area contributed by atoms with E-state index in [9.17, 15) is 18.8 Å². The van der Waals surface area contributed by atoms with Gasteiger partial charge in [-0.15, -0.1) is 0 Å². The summed E-state index contributed by atoms with van der Waals surface area (Å²) in [4.78, 5) is 40.4. The van der Waals surface area contributed by atoms with E-state index < -0.39 is 16.9 Å². The Morgan fingerprint density at radius 3 is 2.52 bits per heavy atom. The minimum Gasteiger partial charge on any atom is -0.341 e. The van der Waals surface area contributed by atoms with Crippen molar-refractivity contribution in [1.29, 1.82) is 0 Å². The molecule has 1 saturated heterocycles. The van der Waals surface area contributed by atoms with Crippen molar-refractivity contribution in [1.82, 2.24) is 14.5 Å². The minimum absolute atomic E-state index is 0.190. The highest BCUT2D eigenvalue weighted by atomic mass is 19.1. The van der Waals surface area contributed by atoms with Crippen LogP contribution in [0.3, 0.4) is 0 Å². The molecular weight excluding hydrogens is 301 g/mol. The molecule has 0 atom stereocenters. The molecule has 2 aromatic rings. The van der Waals surface area contributed by atoms with Gasteiger partial charge >= 0.3 is 11.1 Å². The summed E-state index contributed by atoms with van der Waals surface area (Å²) >= 11 is 0. The van der Waals surface area contributed by atoms with Gasteiger partial charge in [-0.25, -0.2) is 4.39 Å². The molecule has 3 rings (SSSR count). The molecule has 1 amide bonds. The second-order valence-electron chi connectivity index (χ2n) is 5.80. The summed E-state index contributed by atoms with van der Waals surface area (Å²) in [7, 11) is 0. The third kappa shape index (κ3) is 3.18. The van der Waals surface area contributed by atoms with E-state index in [1.807, 2.05) is 0 Å². The fraction of sp³-hybridized carbons (Fsp3) is 0.438. The summed E-state index contributed by atoms with van der Waals surface area (Å²) in [6.07, 6.45) is 4.08. The van der Waals surface area contributed by atoms with Gasteiger partial charge in [0.1, 0.15) is 12.4 Å². The SMILES string of the molecule is O=C(Cn1c(=O)c(=O)[nH]c2cc(F)ccc21)N1CCCCCC1. The maximum atomic E-state index is 13.3. The Bertz CT molecular complexity index is 848. The highest BCUT2D eigenvalue weighted by Gasteiger charge is 2.18. The predicted molar refractivity (Wildman–Crippen MR) is 83.8 cm³/mol. The largest absolute Gasteiger partial charge is 0.341 e. The predicted octanol–water partition coefficient (Wildman–Crippen LogP) is 1.23. The number of amides is 1. The van der Waals surface area contributed by atoms with Crippen molar-refractivity contribution >= 4 is 16.9 Å². The second-order valence-corrected chi connectivity index (χ2v) is 5.80. The Labute approximate surface area is 131 Å². The first kappa shape index (κ1) is 15.5. The molecule has 1 fully saturated rings. The highest BCUT2D eigenvalue weighted by Crippen LogP contribution is 2.13. The van der Waals surface area contributed by atoms with Crippen LogP contribution < -0.4 is 11.1 Å². The van der Waals surface area contributed by atoms with Crippen LogP contribution in [0.5, 0.6) is 0 Å². The van der Waals surface area contributed by atoms with Crippen LogP contribution in [0.15, 0.2) is 27.8 Å². The van der Waals surface area contributed by atoms with Crippen LogP contribution in [-0.4, -0.2) is 33.4 Å². The zero-order valence-electron chi connectivity index (χ0n) is 12.7. The molecule has 0 saturated carbocycles. The summed E-state index contributed by atoms with van der Waals surface area (Å²) in [5.74, 6) is -0.706. The van der Waals surface area contributed by atoms with E-state index >= 15 is 0 Å². The van der Waals surface area contributed by atoms with Crippen LogP contribution in [-0.2, 0) is 11.3 Å². The summed E-state index contributed by atoms with van der Waals surface area (Å²) in [5, 5.41) is 0. The lowest BCUT2D eigenvalue weighted by molar-refractivity contribution is -0.131. The molecular formula is C16H18FN3O3. The van der Waals surface area contributed by atoms with Crippen molar-refractivity contribution < 1.29 is 9.18 Å². The number of nitrogens with zero attached hydrogens (tertiary/aromatic N) is 2. The Balaban J connectivity index is 1.98. The normalized spacial score (nSPS) is 15.6. The van der Waals surface area contributed by atoms with Gasteiger partial charge in [0.05, 0.1) is 11.0 Å². The molecule has 122 valence electrons. The maximum Gasteiger partial charge on any atom is 0.317 e. The number of aromatic amines is 1. The molecule has 6 nitrogen and oxygen atoms in total. The molecule has 0 radical (unpaired) electrons. The molecule has 1 N–H and O–H groups in total. The molecule has 0 aliphatic carbocycles. The van der Waals surface area contributed by atoms with Crippen molar-refractivity contribution in [2.45, 2.75) is 32.2 Å². The zero-order valence-corrected chi connectivity index (χ0v) is 12.7. The topological polar surface area (TPSA) is 75.2 Å². The van der Waals surface area contributed by atoms with Gasteiger partial charge in [-0.3, -0.25) is 19.0 Å². The fourth-order valence-electron chi connectivity index (χ4n) is 2.96.